The molecule has 2 aromatic carbocycles. The van der Waals surface area contributed by atoms with Crippen LogP contribution < -0.4 is 4.74 Å². The molecule has 8 heteroatoms. The Morgan fingerprint density at radius 1 is 1.10 bits per heavy atom. The standard InChI is InChI=1S/C22H18ClF3N2O2/c1-30-19-8-7-15(13-17(19)22(24,25)26)21(29)28-11-10-27-9-3-6-18(27)20(28)14-4-2-5-16(23)12-14/h2-9,12-13,20H,10-11H2,1H3. The normalized spacial score (nSPS) is 16.3. The van der Waals surface area contributed by atoms with E-state index < -0.39 is 23.7 Å². The molecule has 1 unspecified atom stereocenters. The van der Waals surface area contributed by atoms with Crippen LogP contribution in [-0.2, 0) is 12.7 Å². The van der Waals surface area contributed by atoms with Crippen LogP contribution in [-0.4, -0.2) is 29.0 Å². The molecule has 2 heterocycles. The molecule has 1 aromatic heterocycles. The minimum Gasteiger partial charge on any atom is -0.496 e. The molecule has 1 aliphatic rings. The summed E-state index contributed by atoms with van der Waals surface area (Å²) in [7, 11) is 1.17. The van der Waals surface area contributed by atoms with Crippen molar-refractivity contribution in [2.75, 3.05) is 13.7 Å². The summed E-state index contributed by atoms with van der Waals surface area (Å²) in [4.78, 5) is 14.9. The van der Waals surface area contributed by atoms with Gasteiger partial charge in [-0.1, -0.05) is 23.7 Å². The largest absolute Gasteiger partial charge is 0.496 e. The lowest BCUT2D eigenvalue weighted by Crippen LogP contribution is -2.42. The Morgan fingerprint density at radius 3 is 2.60 bits per heavy atom. The lowest BCUT2D eigenvalue weighted by atomic mass is 9.98. The second-order valence-electron chi connectivity index (χ2n) is 7.00. The van der Waals surface area contributed by atoms with Crippen molar-refractivity contribution < 1.29 is 22.7 Å². The number of aromatic nitrogens is 1. The molecular weight excluding hydrogens is 417 g/mol. The number of nitrogens with zero attached hydrogens (tertiary/aromatic N) is 2. The maximum Gasteiger partial charge on any atom is 0.419 e. The summed E-state index contributed by atoms with van der Waals surface area (Å²) in [6.45, 7) is 0.901. The highest BCUT2D eigenvalue weighted by Gasteiger charge is 2.37. The topological polar surface area (TPSA) is 34.5 Å². The Kier molecular flexibility index (Phi) is 5.24. The van der Waals surface area contributed by atoms with E-state index in [9.17, 15) is 18.0 Å². The summed E-state index contributed by atoms with van der Waals surface area (Å²) in [5.41, 5.74) is 0.646. The van der Waals surface area contributed by atoms with Crippen LogP contribution in [0.3, 0.4) is 0 Å². The van der Waals surface area contributed by atoms with Gasteiger partial charge < -0.3 is 14.2 Å². The number of hydrogen-bond donors (Lipinski definition) is 0. The number of methoxy groups -OCH3 is 1. The summed E-state index contributed by atoms with van der Waals surface area (Å²) >= 11 is 6.16. The molecule has 0 spiro atoms. The molecule has 0 fully saturated rings. The number of carbonyl (C=O) groups is 1. The maximum absolute atomic E-state index is 13.4. The molecular formula is C22H18ClF3N2O2. The summed E-state index contributed by atoms with van der Waals surface area (Å²) in [5, 5.41) is 0.521. The highest BCUT2D eigenvalue weighted by Crippen LogP contribution is 2.38. The number of benzene rings is 2. The van der Waals surface area contributed by atoms with Crippen LogP contribution in [0, 0.1) is 0 Å². The smallest absolute Gasteiger partial charge is 0.419 e. The van der Waals surface area contributed by atoms with E-state index in [0.29, 0.717) is 18.1 Å². The predicted octanol–water partition coefficient (Wildman–Crippen LogP) is 5.41. The van der Waals surface area contributed by atoms with Gasteiger partial charge in [-0.2, -0.15) is 13.2 Å². The van der Waals surface area contributed by atoms with Gasteiger partial charge >= 0.3 is 6.18 Å². The fourth-order valence-electron chi connectivity index (χ4n) is 3.86. The molecule has 156 valence electrons. The average Bonchev–Trinajstić information content (AvgIpc) is 3.20. The summed E-state index contributed by atoms with van der Waals surface area (Å²) < 4.78 is 47.2. The van der Waals surface area contributed by atoms with Crippen molar-refractivity contribution in [1.29, 1.82) is 0 Å². The van der Waals surface area contributed by atoms with Gasteiger partial charge in [-0.05, 0) is 48.0 Å². The monoisotopic (exact) mass is 434 g/mol. The molecule has 0 saturated carbocycles. The number of rotatable bonds is 3. The molecule has 0 bridgehead atoms. The molecule has 0 radical (unpaired) electrons. The zero-order valence-electron chi connectivity index (χ0n) is 16.0. The first-order valence-corrected chi connectivity index (χ1v) is 9.64. The third kappa shape index (κ3) is 3.65. The SMILES string of the molecule is COc1ccc(C(=O)N2CCn3cccc3C2c2cccc(Cl)c2)cc1C(F)(F)F. The number of halogens is 4. The third-order valence-electron chi connectivity index (χ3n) is 5.22. The number of carbonyl (C=O) groups excluding carboxylic acids is 1. The first-order chi connectivity index (χ1) is 14.3. The zero-order valence-corrected chi connectivity index (χ0v) is 16.7. The minimum absolute atomic E-state index is 0.0461. The van der Waals surface area contributed by atoms with E-state index in [1.165, 1.54) is 19.2 Å². The van der Waals surface area contributed by atoms with E-state index >= 15 is 0 Å². The van der Waals surface area contributed by atoms with Crippen LogP contribution in [0.1, 0.15) is 33.2 Å². The molecule has 3 aromatic rings. The zero-order chi connectivity index (χ0) is 21.5. The molecule has 4 nitrogen and oxygen atoms in total. The average molecular weight is 435 g/mol. The van der Waals surface area contributed by atoms with Crippen LogP contribution in [0.25, 0.3) is 0 Å². The Balaban J connectivity index is 1.78. The van der Waals surface area contributed by atoms with E-state index in [2.05, 4.69) is 0 Å². The van der Waals surface area contributed by atoms with E-state index in [0.717, 1.165) is 17.3 Å². The van der Waals surface area contributed by atoms with Crippen molar-refractivity contribution in [3.8, 4) is 5.75 Å². The van der Waals surface area contributed by atoms with Crippen molar-refractivity contribution in [3.05, 3.63) is 88.2 Å². The lowest BCUT2D eigenvalue weighted by molar-refractivity contribution is -0.138. The van der Waals surface area contributed by atoms with Gasteiger partial charge in [-0.3, -0.25) is 4.79 Å². The Hall–Kier alpha value is -2.93. The fraction of sp³-hybridized carbons (Fsp3) is 0.227. The van der Waals surface area contributed by atoms with Crippen molar-refractivity contribution in [2.45, 2.75) is 18.8 Å². The first-order valence-electron chi connectivity index (χ1n) is 9.26. The number of ether oxygens (including phenoxy) is 1. The molecule has 1 aliphatic heterocycles. The highest BCUT2D eigenvalue weighted by atomic mass is 35.5. The van der Waals surface area contributed by atoms with Gasteiger partial charge in [-0.25, -0.2) is 0 Å². The minimum atomic E-state index is -4.63. The van der Waals surface area contributed by atoms with Crippen LogP contribution in [0.4, 0.5) is 13.2 Å². The Labute approximate surface area is 176 Å². The van der Waals surface area contributed by atoms with Gasteiger partial charge in [-0.15, -0.1) is 0 Å². The number of fused-ring (bicyclic) bond motifs is 1. The van der Waals surface area contributed by atoms with E-state index in [4.69, 9.17) is 16.3 Å². The van der Waals surface area contributed by atoms with E-state index in [1.807, 2.05) is 29.0 Å². The van der Waals surface area contributed by atoms with Gasteiger partial charge in [0.25, 0.3) is 5.91 Å². The fourth-order valence-corrected chi connectivity index (χ4v) is 4.06. The lowest BCUT2D eigenvalue weighted by Gasteiger charge is -2.37. The second-order valence-corrected chi connectivity index (χ2v) is 7.43. The molecule has 1 atom stereocenters. The quantitative estimate of drug-likeness (QED) is 0.552. The van der Waals surface area contributed by atoms with Crippen molar-refractivity contribution in [3.63, 3.8) is 0 Å². The van der Waals surface area contributed by atoms with Gasteiger partial charge in [0.1, 0.15) is 5.75 Å². The highest BCUT2D eigenvalue weighted by molar-refractivity contribution is 6.30. The Morgan fingerprint density at radius 2 is 1.90 bits per heavy atom. The van der Waals surface area contributed by atoms with Crippen LogP contribution >= 0.6 is 11.6 Å². The second kappa shape index (κ2) is 7.72. The van der Waals surface area contributed by atoms with Gasteiger partial charge in [0.15, 0.2) is 0 Å². The van der Waals surface area contributed by atoms with E-state index in [-0.39, 0.29) is 11.3 Å². The van der Waals surface area contributed by atoms with Crippen LogP contribution in [0.5, 0.6) is 5.75 Å². The van der Waals surface area contributed by atoms with Crippen LogP contribution in [0.2, 0.25) is 5.02 Å². The molecule has 30 heavy (non-hydrogen) atoms. The molecule has 0 N–H and O–H groups in total. The van der Waals surface area contributed by atoms with Gasteiger partial charge in [0.05, 0.1) is 18.7 Å². The number of amides is 1. The molecule has 4 rings (SSSR count). The Bertz CT molecular complexity index is 1090. The number of alkyl halides is 3. The summed E-state index contributed by atoms with van der Waals surface area (Å²) in [6, 6.07) is 13.9. The maximum atomic E-state index is 13.4. The van der Waals surface area contributed by atoms with E-state index in [1.54, 1.807) is 23.1 Å². The van der Waals surface area contributed by atoms with Crippen molar-refractivity contribution in [2.24, 2.45) is 0 Å². The van der Waals surface area contributed by atoms with Gasteiger partial charge in [0, 0.05) is 35.6 Å². The molecule has 0 aliphatic carbocycles. The summed E-state index contributed by atoms with van der Waals surface area (Å²) in [6.07, 6.45) is -2.71. The first kappa shape index (κ1) is 20.3. The summed E-state index contributed by atoms with van der Waals surface area (Å²) in [5.74, 6) is -0.807. The van der Waals surface area contributed by atoms with Gasteiger partial charge in [0.2, 0.25) is 0 Å². The van der Waals surface area contributed by atoms with Crippen molar-refractivity contribution in [1.82, 2.24) is 9.47 Å². The predicted molar refractivity (Wildman–Crippen MR) is 107 cm³/mol. The molecule has 0 saturated heterocycles. The third-order valence-corrected chi connectivity index (χ3v) is 5.45. The number of hydrogen-bond acceptors (Lipinski definition) is 2. The van der Waals surface area contributed by atoms with Crippen molar-refractivity contribution >= 4 is 17.5 Å². The molecule has 1 amide bonds. The van der Waals surface area contributed by atoms with Crippen LogP contribution in [0.15, 0.2) is 60.8 Å².